The number of nitrogens with zero attached hydrogens (tertiary/aromatic N) is 3. The summed E-state index contributed by atoms with van der Waals surface area (Å²) in [7, 11) is 0. The largest absolute Gasteiger partial charge is 0.355 e. The monoisotopic (exact) mass is 276 g/mol. The van der Waals surface area contributed by atoms with Crippen LogP contribution in [0.25, 0.3) is 0 Å². The van der Waals surface area contributed by atoms with Gasteiger partial charge in [0.15, 0.2) is 0 Å². The number of carbonyl (C=O) groups is 2. The molecule has 2 heterocycles. The van der Waals surface area contributed by atoms with Crippen molar-refractivity contribution in [2.45, 2.75) is 33.1 Å². The second-order valence-electron chi connectivity index (χ2n) is 4.96. The topological polar surface area (TPSA) is 75.2 Å². The van der Waals surface area contributed by atoms with E-state index in [1.807, 2.05) is 13.8 Å². The second-order valence-corrected chi connectivity index (χ2v) is 4.96. The molecular weight excluding hydrogens is 256 g/mol. The fraction of sp³-hybridized carbons (Fsp3) is 0.571. The smallest absolute Gasteiger partial charge is 0.257 e. The second kappa shape index (κ2) is 6.45. The Morgan fingerprint density at radius 2 is 2.30 bits per heavy atom. The number of aryl methyl sites for hydroxylation is 2. The van der Waals surface area contributed by atoms with Crippen LogP contribution in [0.5, 0.6) is 0 Å². The van der Waals surface area contributed by atoms with Crippen molar-refractivity contribution in [1.29, 1.82) is 0 Å². The van der Waals surface area contributed by atoms with Gasteiger partial charge in [0.1, 0.15) is 5.82 Å². The molecule has 1 aliphatic heterocycles. The number of carbonyl (C=O) groups excluding carboxylic acids is 2. The normalized spacial score (nSPS) is 14.7. The van der Waals surface area contributed by atoms with Crippen LogP contribution in [-0.2, 0) is 11.2 Å². The van der Waals surface area contributed by atoms with E-state index in [4.69, 9.17) is 0 Å². The van der Waals surface area contributed by atoms with E-state index in [-0.39, 0.29) is 18.4 Å². The standard InChI is InChI=1S/C14H20N4O2/c1-3-6-15-13(19)9-18-7-4-5-12-11(14(18)20)8-16-10(2)17-12/h8H,3-7,9H2,1-2H3,(H,15,19). The molecule has 0 aromatic carbocycles. The highest BCUT2D eigenvalue weighted by Gasteiger charge is 2.25. The SMILES string of the molecule is CCCNC(=O)CN1CCCc2nc(C)ncc2C1=O. The Morgan fingerprint density at radius 3 is 3.05 bits per heavy atom. The van der Waals surface area contributed by atoms with Gasteiger partial charge in [-0.25, -0.2) is 9.97 Å². The van der Waals surface area contributed by atoms with Crippen LogP contribution in [0.15, 0.2) is 6.20 Å². The average Bonchev–Trinajstić information content (AvgIpc) is 2.57. The molecule has 20 heavy (non-hydrogen) atoms. The van der Waals surface area contributed by atoms with Gasteiger partial charge in [0, 0.05) is 19.3 Å². The molecule has 6 nitrogen and oxygen atoms in total. The summed E-state index contributed by atoms with van der Waals surface area (Å²) < 4.78 is 0. The lowest BCUT2D eigenvalue weighted by Crippen LogP contribution is -2.41. The maximum Gasteiger partial charge on any atom is 0.257 e. The van der Waals surface area contributed by atoms with Crippen molar-refractivity contribution >= 4 is 11.8 Å². The molecule has 2 amide bonds. The molecule has 0 fully saturated rings. The van der Waals surface area contributed by atoms with Gasteiger partial charge in [-0.2, -0.15) is 0 Å². The molecule has 0 saturated carbocycles. The Morgan fingerprint density at radius 1 is 1.50 bits per heavy atom. The fourth-order valence-electron chi connectivity index (χ4n) is 2.24. The highest BCUT2D eigenvalue weighted by Crippen LogP contribution is 2.16. The van der Waals surface area contributed by atoms with Crippen LogP contribution in [0.1, 0.15) is 41.6 Å². The summed E-state index contributed by atoms with van der Waals surface area (Å²) in [6.07, 6.45) is 4.02. The van der Waals surface area contributed by atoms with Crippen molar-refractivity contribution in [1.82, 2.24) is 20.2 Å². The molecule has 0 spiro atoms. The number of amides is 2. The Kier molecular flexibility index (Phi) is 4.65. The minimum atomic E-state index is -0.149. The zero-order chi connectivity index (χ0) is 14.5. The Balaban J connectivity index is 2.11. The lowest BCUT2D eigenvalue weighted by atomic mass is 10.1. The quantitative estimate of drug-likeness (QED) is 0.878. The van der Waals surface area contributed by atoms with E-state index >= 15 is 0 Å². The molecule has 1 N–H and O–H groups in total. The van der Waals surface area contributed by atoms with Crippen molar-refractivity contribution in [3.05, 3.63) is 23.3 Å². The van der Waals surface area contributed by atoms with Crippen LogP contribution in [0, 0.1) is 6.92 Å². The van der Waals surface area contributed by atoms with Crippen LogP contribution < -0.4 is 5.32 Å². The van der Waals surface area contributed by atoms with Crippen molar-refractivity contribution in [3.63, 3.8) is 0 Å². The Bertz CT molecular complexity index is 516. The molecule has 1 aromatic heterocycles. The first-order chi connectivity index (χ1) is 9.61. The van der Waals surface area contributed by atoms with Crippen LogP contribution in [0.2, 0.25) is 0 Å². The molecule has 108 valence electrons. The van der Waals surface area contributed by atoms with E-state index in [2.05, 4.69) is 15.3 Å². The van der Waals surface area contributed by atoms with E-state index < -0.39 is 0 Å². The van der Waals surface area contributed by atoms with Gasteiger partial charge in [0.05, 0.1) is 17.8 Å². The van der Waals surface area contributed by atoms with Gasteiger partial charge in [-0.15, -0.1) is 0 Å². The molecule has 6 heteroatoms. The highest BCUT2D eigenvalue weighted by molar-refractivity contribution is 5.97. The number of hydrogen-bond donors (Lipinski definition) is 1. The zero-order valence-electron chi connectivity index (χ0n) is 12.0. The molecule has 0 radical (unpaired) electrons. The van der Waals surface area contributed by atoms with E-state index in [1.54, 1.807) is 11.1 Å². The average molecular weight is 276 g/mol. The van der Waals surface area contributed by atoms with Crippen LogP contribution in [0.3, 0.4) is 0 Å². The first-order valence-electron chi connectivity index (χ1n) is 7.00. The third kappa shape index (κ3) is 3.31. The molecular formula is C14H20N4O2. The lowest BCUT2D eigenvalue weighted by molar-refractivity contribution is -0.121. The van der Waals surface area contributed by atoms with Crippen molar-refractivity contribution in [2.75, 3.05) is 19.6 Å². The zero-order valence-corrected chi connectivity index (χ0v) is 12.0. The summed E-state index contributed by atoms with van der Waals surface area (Å²) >= 11 is 0. The molecule has 2 rings (SSSR count). The maximum atomic E-state index is 12.4. The number of hydrogen-bond acceptors (Lipinski definition) is 4. The minimum absolute atomic E-state index is 0.103. The Hall–Kier alpha value is -1.98. The number of aromatic nitrogens is 2. The summed E-state index contributed by atoms with van der Waals surface area (Å²) in [5, 5.41) is 2.79. The van der Waals surface area contributed by atoms with Crippen molar-refractivity contribution in [2.24, 2.45) is 0 Å². The van der Waals surface area contributed by atoms with E-state index in [0.29, 0.717) is 24.5 Å². The first kappa shape index (κ1) is 14.4. The first-order valence-corrected chi connectivity index (χ1v) is 7.00. The van der Waals surface area contributed by atoms with Gasteiger partial charge in [0.2, 0.25) is 5.91 Å². The maximum absolute atomic E-state index is 12.4. The van der Waals surface area contributed by atoms with Gasteiger partial charge in [-0.05, 0) is 26.2 Å². The molecule has 0 bridgehead atoms. The van der Waals surface area contributed by atoms with Crippen LogP contribution in [0.4, 0.5) is 0 Å². The summed E-state index contributed by atoms with van der Waals surface area (Å²) in [5.41, 5.74) is 1.32. The minimum Gasteiger partial charge on any atom is -0.355 e. The van der Waals surface area contributed by atoms with E-state index in [0.717, 1.165) is 25.0 Å². The van der Waals surface area contributed by atoms with Crippen molar-refractivity contribution < 1.29 is 9.59 Å². The third-order valence-electron chi connectivity index (χ3n) is 3.25. The molecule has 1 aliphatic rings. The van der Waals surface area contributed by atoms with Gasteiger partial charge in [-0.3, -0.25) is 9.59 Å². The molecule has 0 aliphatic carbocycles. The highest BCUT2D eigenvalue weighted by atomic mass is 16.2. The molecule has 0 saturated heterocycles. The van der Waals surface area contributed by atoms with Gasteiger partial charge < -0.3 is 10.2 Å². The molecule has 0 unspecified atom stereocenters. The number of rotatable bonds is 4. The van der Waals surface area contributed by atoms with Gasteiger partial charge in [-0.1, -0.05) is 6.92 Å². The predicted octanol–water partition coefficient (Wildman–Crippen LogP) is 0.700. The Labute approximate surface area is 118 Å². The summed E-state index contributed by atoms with van der Waals surface area (Å²) in [6.45, 7) is 5.12. The number of nitrogens with one attached hydrogen (secondary N) is 1. The third-order valence-corrected chi connectivity index (χ3v) is 3.25. The number of fused-ring (bicyclic) bond motifs is 1. The predicted molar refractivity (Wildman–Crippen MR) is 74.3 cm³/mol. The van der Waals surface area contributed by atoms with Gasteiger partial charge >= 0.3 is 0 Å². The summed E-state index contributed by atoms with van der Waals surface area (Å²) in [6, 6.07) is 0. The van der Waals surface area contributed by atoms with Crippen LogP contribution >= 0.6 is 0 Å². The summed E-state index contributed by atoms with van der Waals surface area (Å²) in [5.74, 6) is 0.409. The lowest BCUT2D eigenvalue weighted by Gasteiger charge is -2.20. The van der Waals surface area contributed by atoms with Crippen molar-refractivity contribution in [3.8, 4) is 0 Å². The summed E-state index contributed by atoms with van der Waals surface area (Å²) in [4.78, 5) is 34.2. The van der Waals surface area contributed by atoms with E-state index in [9.17, 15) is 9.59 Å². The van der Waals surface area contributed by atoms with Gasteiger partial charge in [0.25, 0.3) is 5.91 Å². The fourth-order valence-corrected chi connectivity index (χ4v) is 2.24. The van der Waals surface area contributed by atoms with E-state index in [1.165, 1.54) is 0 Å². The molecule has 0 atom stereocenters. The van der Waals surface area contributed by atoms with Crippen LogP contribution in [-0.4, -0.2) is 46.3 Å². The molecule has 1 aromatic rings.